The number of aryl methyl sites for hydroxylation is 1. The second-order valence-corrected chi connectivity index (χ2v) is 10.2. The Balaban J connectivity index is 2.15. The highest BCUT2D eigenvalue weighted by Gasteiger charge is 2.30. The zero-order chi connectivity index (χ0) is 22.1. The number of rotatable bonds is 7. The van der Waals surface area contributed by atoms with Gasteiger partial charge in [0.05, 0.1) is 11.4 Å². The number of halogens is 2. The van der Waals surface area contributed by atoms with Gasteiger partial charge in [0.2, 0.25) is 5.78 Å². The Hall–Kier alpha value is -2.42. The van der Waals surface area contributed by atoms with Crippen molar-refractivity contribution in [3.63, 3.8) is 0 Å². The van der Waals surface area contributed by atoms with Gasteiger partial charge in [-0.15, -0.1) is 11.3 Å². The molecule has 0 spiro atoms. The summed E-state index contributed by atoms with van der Waals surface area (Å²) in [5.41, 5.74) is 7.74. The van der Waals surface area contributed by atoms with Gasteiger partial charge in [-0.2, -0.15) is 0 Å². The molecule has 2 aromatic carbocycles. The van der Waals surface area contributed by atoms with Gasteiger partial charge in [-0.1, -0.05) is 24.6 Å². The Labute approximate surface area is 183 Å². The van der Waals surface area contributed by atoms with Crippen molar-refractivity contribution in [3.05, 3.63) is 69.3 Å². The average Bonchev–Trinajstić information content (AvgIpc) is 3.01. The summed E-state index contributed by atoms with van der Waals surface area (Å²) >= 11 is 7.03. The van der Waals surface area contributed by atoms with E-state index in [0.717, 1.165) is 16.9 Å². The van der Waals surface area contributed by atoms with E-state index in [0.29, 0.717) is 17.1 Å². The molecule has 0 saturated heterocycles. The number of nitrogens with two attached hydrogens (primary N) is 1. The van der Waals surface area contributed by atoms with E-state index in [4.69, 9.17) is 17.3 Å². The molecule has 3 aromatic rings. The van der Waals surface area contributed by atoms with Crippen molar-refractivity contribution in [3.8, 4) is 0 Å². The predicted molar refractivity (Wildman–Crippen MR) is 120 cm³/mol. The van der Waals surface area contributed by atoms with E-state index in [-0.39, 0.29) is 31.8 Å². The van der Waals surface area contributed by atoms with Crippen molar-refractivity contribution < 1.29 is 17.6 Å². The third-order valence-electron chi connectivity index (χ3n) is 4.44. The minimum absolute atomic E-state index is 0.0819. The van der Waals surface area contributed by atoms with Crippen LogP contribution in [0.4, 0.5) is 20.8 Å². The number of nitrogens with one attached hydrogen (secondary N) is 1. The monoisotopic (exact) mass is 466 g/mol. The molecule has 0 radical (unpaired) electrons. The molecule has 30 heavy (non-hydrogen) atoms. The Kier molecular flexibility index (Phi) is 6.50. The molecule has 0 fully saturated rings. The molecule has 3 rings (SSSR count). The lowest BCUT2D eigenvalue weighted by atomic mass is 10.1. The SMILES string of the molecule is CCCS(=O)(=O)c1c(Nc2cc(Cl)ccc2C)sc(C(=O)c2ccc(F)cc2)c1N. The van der Waals surface area contributed by atoms with Crippen LogP contribution in [0.5, 0.6) is 0 Å². The summed E-state index contributed by atoms with van der Waals surface area (Å²) in [6, 6.07) is 10.2. The average molecular weight is 467 g/mol. The first-order valence-electron chi connectivity index (χ1n) is 9.12. The van der Waals surface area contributed by atoms with Gasteiger partial charge < -0.3 is 11.1 Å². The maximum atomic E-state index is 13.2. The molecule has 158 valence electrons. The van der Waals surface area contributed by atoms with Crippen LogP contribution in [0.25, 0.3) is 0 Å². The van der Waals surface area contributed by atoms with Gasteiger partial charge in [-0.3, -0.25) is 4.79 Å². The van der Waals surface area contributed by atoms with Crippen LogP contribution in [0.3, 0.4) is 0 Å². The number of anilines is 3. The van der Waals surface area contributed by atoms with Crippen LogP contribution in [0.15, 0.2) is 47.4 Å². The van der Waals surface area contributed by atoms with Crippen LogP contribution >= 0.6 is 22.9 Å². The molecule has 0 atom stereocenters. The number of benzene rings is 2. The lowest BCUT2D eigenvalue weighted by molar-refractivity contribution is 0.104. The van der Waals surface area contributed by atoms with E-state index in [1.165, 1.54) is 24.3 Å². The minimum atomic E-state index is -3.74. The highest BCUT2D eigenvalue weighted by molar-refractivity contribution is 7.92. The largest absolute Gasteiger partial charge is 0.396 e. The fourth-order valence-electron chi connectivity index (χ4n) is 2.94. The molecule has 9 heteroatoms. The summed E-state index contributed by atoms with van der Waals surface area (Å²) in [5, 5.41) is 3.81. The van der Waals surface area contributed by atoms with Gasteiger partial charge in [-0.25, -0.2) is 12.8 Å². The molecule has 0 aliphatic carbocycles. The van der Waals surface area contributed by atoms with Crippen molar-refractivity contribution in [1.29, 1.82) is 0 Å². The standard InChI is InChI=1S/C21H20ClFN2O3S2/c1-3-10-30(27,28)20-17(24)19(18(26)13-5-8-15(23)9-6-13)29-21(20)25-16-11-14(22)7-4-12(16)2/h4-9,11,25H,3,10,24H2,1-2H3. The summed E-state index contributed by atoms with van der Waals surface area (Å²) in [6.45, 7) is 3.60. The molecule has 0 amide bonds. The number of hydrogen-bond acceptors (Lipinski definition) is 6. The van der Waals surface area contributed by atoms with Crippen LogP contribution in [0, 0.1) is 12.7 Å². The van der Waals surface area contributed by atoms with Crippen LogP contribution in [-0.4, -0.2) is 20.0 Å². The predicted octanol–water partition coefficient (Wildman–Crippen LogP) is 5.59. The Morgan fingerprint density at radius 1 is 1.20 bits per heavy atom. The smallest absolute Gasteiger partial charge is 0.205 e. The first-order chi connectivity index (χ1) is 14.1. The molecule has 3 N–H and O–H groups in total. The van der Waals surface area contributed by atoms with Crippen LogP contribution in [-0.2, 0) is 9.84 Å². The topological polar surface area (TPSA) is 89.3 Å². The van der Waals surface area contributed by atoms with Gasteiger partial charge in [0.25, 0.3) is 0 Å². The van der Waals surface area contributed by atoms with E-state index in [2.05, 4.69) is 5.32 Å². The van der Waals surface area contributed by atoms with Crippen LogP contribution < -0.4 is 11.1 Å². The van der Waals surface area contributed by atoms with Crippen LogP contribution in [0.1, 0.15) is 34.1 Å². The highest BCUT2D eigenvalue weighted by Crippen LogP contribution is 2.43. The van der Waals surface area contributed by atoms with Gasteiger partial charge in [0.15, 0.2) is 9.84 Å². The molecular formula is C21H20ClFN2O3S2. The minimum Gasteiger partial charge on any atom is -0.396 e. The lowest BCUT2D eigenvalue weighted by Crippen LogP contribution is -2.10. The molecule has 0 aliphatic rings. The van der Waals surface area contributed by atoms with Gasteiger partial charge in [-0.05, 0) is 55.3 Å². The van der Waals surface area contributed by atoms with E-state index in [1.54, 1.807) is 25.1 Å². The zero-order valence-electron chi connectivity index (χ0n) is 16.3. The first kappa shape index (κ1) is 22.3. The molecule has 0 aliphatic heterocycles. The van der Waals surface area contributed by atoms with Gasteiger partial charge in [0.1, 0.15) is 20.6 Å². The van der Waals surface area contributed by atoms with E-state index in [9.17, 15) is 17.6 Å². The summed E-state index contributed by atoms with van der Waals surface area (Å²) in [7, 11) is -3.74. The fraction of sp³-hybridized carbons (Fsp3) is 0.190. The zero-order valence-corrected chi connectivity index (χ0v) is 18.7. The van der Waals surface area contributed by atoms with Crippen molar-refractivity contribution in [2.24, 2.45) is 0 Å². The normalized spacial score (nSPS) is 11.5. The second-order valence-electron chi connectivity index (χ2n) is 6.74. The van der Waals surface area contributed by atoms with E-state index in [1.807, 2.05) is 6.92 Å². The Morgan fingerprint density at radius 3 is 2.50 bits per heavy atom. The summed E-state index contributed by atoms with van der Waals surface area (Å²) in [6.07, 6.45) is 0.397. The number of nitrogen functional groups attached to an aromatic ring is 1. The van der Waals surface area contributed by atoms with Crippen molar-refractivity contribution in [2.45, 2.75) is 25.2 Å². The fourth-order valence-corrected chi connectivity index (χ4v) is 6.19. The van der Waals surface area contributed by atoms with Crippen molar-refractivity contribution in [1.82, 2.24) is 0 Å². The maximum absolute atomic E-state index is 13.2. The Morgan fingerprint density at radius 2 is 1.87 bits per heavy atom. The van der Waals surface area contributed by atoms with E-state index < -0.39 is 21.4 Å². The van der Waals surface area contributed by atoms with Gasteiger partial charge >= 0.3 is 0 Å². The summed E-state index contributed by atoms with van der Waals surface area (Å²) < 4.78 is 39.1. The molecule has 0 unspecified atom stereocenters. The molecule has 0 saturated carbocycles. The highest BCUT2D eigenvalue weighted by atomic mass is 35.5. The number of carbonyl (C=O) groups is 1. The first-order valence-corrected chi connectivity index (χ1v) is 12.0. The third-order valence-corrected chi connectivity index (χ3v) is 7.92. The van der Waals surface area contributed by atoms with Gasteiger partial charge in [0, 0.05) is 16.3 Å². The van der Waals surface area contributed by atoms with Crippen molar-refractivity contribution in [2.75, 3.05) is 16.8 Å². The number of carbonyl (C=O) groups excluding carboxylic acids is 1. The maximum Gasteiger partial charge on any atom is 0.205 e. The lowest BCUT2D eigenvalue weighted by Gasteiger charge is -2.11. The number of hydrogen-bond donors (Lipinski definition) is 2. The van der Waals surface area contributed by atoms with Crippen LogP contribution in [0.2, 0.25) is 5.02 Å². The number of thiophene rings is 1. The summed E-state index contributed by atoms with van der Waals surface area (Å²) in [5.74, 6) is -1.06. The number of ketones is 1. The molecular weight excluding hydrogens is 447 g/mol. The summed E-state index contributed by atoms with van der Waals surface area (Å²) in [4.78, 5) is 13.0. The third kappa shape index (κ3) is 4.50. The second kappa shape index (κ2) is 8.75. The van der Waals surface area contributed by atoms with E-state index >= 15 is 0 Å². The molecule has 1 heterocycles. The molecule has 1 aromatic heterocycles. The number of sulfone groups is 1. The molecule has 0 bridgehead atoms. The quantitative estimate of drug-likeness (QED) is 0.443. The Bertz CT molecular complexity index is 1210. The van der Waals surface area contributed by atoms with Crippen molar-refractivity contribution >= 4 is 54.9 Å². The molecule has 5 nitrogen and oxygen atoms in total.